The lowest BCUT2D eigenvalue weighted by atomic mass is 10.2. The van der Waals surface area contributed by atoms with Crippen molar-refractivity contribution in [2.45, 2.75) is 50.9 Å². The fourth-order valence-electron chi connectivity index (χ4n) is 2.00. The minimum absolute atomic E-state index is 0.158. The number of nitrogen functional groups attached to an aromatic ring is 1. The second kappa shape index (κ2) is 4.80. The molecule has 1 aromatic carbocycles. The lowest BCUT2D eigenvalue weighted by Crippen LogP contribution is -2.43. The third-order valence-electron chi connectivity index (χ3n) is 3.33. The van der Waals surface area contributed by atoms with Crippen molar-refractivity contribution in [1.82, 2.24) is 4.31 Å². The Balaban J connectivity index is 2.28. The SMILES string of the molecule is CC(C)(C)S(=O)(=O)N(Cc1cccc(N)c1)C1CC1. The van der Waals surface area contributed by atoms with E-state index in [1.807, 2.05) is 24.3 Å². The summed E-state index contributed by atoms with van der Waals surface area (Å²) in [5, 5.41) is 0. The van der Waals surface area contributed by atoms with Gasteiger partial charge in [-0.15, -0.1) is 0 Å². The van der Waals surface area contributed by atoms with Crippen molar-refractivity contribution >= 4 is 15.7 Å². The van der Waals surface area contributed by atoms with Gasteiger partial charge in [0.2, 0.25) is 10.0 Å². The Morgan fingerprint density at radius 1 is 1.32 bits per heavy atom. The van der Waals surface area contributed by atoms with Gasteiger partial charge in [-0.05, 0) is 51.3 Å². The standard InChI is InChI=1S/C14H22N2O2S/c1-14(2,3)19(17,18)16(13-7-8-13)10-11-5-4-6-12(15)9-11/h4-6,9,13H,7-8,10,15H2,1-3H3. The van der Waals surface area contributed by atoms with E-state index in [0.717, 1.165) is 18.4 Å². The van der Waals surface area contributed by atoms with E-state index in [1.165, 1.54) is 0 Å². The highest BCUT2D eigenvalue weighted by molar-refractivity contribution is 7.90. The molecule has 0 saturated heterocycles. The van der Waals surface area contributed by atoms with Crippen molar-refractivity contribution in [3.8, 4) is 0 Å². The van der Waals surface area contributed by atoms with E-state index < -0.39 is 14.8 Å². The third-order valence-corrected chi connectivity index (χ3v) is 5.92. The minimum atomic E-state index is -3.29. The van der Waals surface area contributed by atoms with E-state index in [1.54, 1.807) is 25.1 Å². The monoisotopic (exact) mass is 282 g/mol. The number of sulfonamides is 1. The summed E-state index contributed by atoms with van der Waals surface area (Å²) in [5.41, 5.74) is 7.37. The van der Waals surface area contributed by atoms with Crippen LogP contribution in [-0.4, -0.2) is 23.5 Å². The van der Waals surface area contributed by atoms with Crippen LogP contribution < -0.4 is 5.73 Å². The maximum Gasteiger partial charge on any atom is 0.219 e. The first-order chi connectivity index (χ1) is 8.72. The van der Waals surface area contributed by atoms with Gasteiger partial charge in [-0.3, -0.25) is 0 Å². The average molecular weight is 282 g/mol. The van der Waals surface area contributed by atoms with Gasteiger partial charge in [-0.25, -0.2) is 8.42 Å². The predicted octanol–water partition coefficient (Wildman–Crippen LogP) is 2.36. The predicted molar refractivity (Wildman–Crippen MR) is 78.1 cm³/mol. The Bertz CT molecular complexity index is 557. The number of hydrogen-bond acceptors (Lipinski definition) is 3. The summed E-state index contributed by atoms with van der Waals surface area (Å²) in [4.78, 5) is 0. The molecule has 0 amide bonds. The van der Waals surface area contributed by atoms with Crippen molar-refractivity contribution < 1.29 is 8.42 Å². The number of nitrogens with zero attached hydrogens (tertiary/aromatic N) is 1. The van der Waals surface area contributed by atoms with Gasteiger partial charge in [0.1, 0.15) is 0 Å². The minimum Gasteiger partial charge on any atom is -0.399 e. The Hall–Kier alpha value is -1.07. The quantitative estimate of drug-likeness (QED) is 0.862. The Morgan fingerprint density at radius 3 is 2.42 bits per heavy atom. The van der Waals surface area contributed by atoms with E-state index >= 15 is 0 Å². The molecule has 1 fully saturated rings. The average Bonchev–Trinajstić information content (AvgIpc) is 3.08. The first-order valence-electron chi connectivity index (χ1n) is 6.57. The van der Waals surface area contributed by atoms with Crippen LogP contribution in [-0.2, 0) is 16.6 Å². The molecule has 1 aromatic rings. The van der Waals surface area contributed by atoms with Crippen LogP contribution in [0.5, 0.6) is 0 Å². The number of hydrogen-bond donors (Lipinski definition) is 1. The summed E-state index contributed by atoms with van der Waals surface area (Å²) in [7, 11) is -3.29. The number of nitrogens with two attached hydrogens (primary N) is 1. The zero-order valence-corrected chi connectivity index (χ0v) is 12.6. The van der Waals surface area contributed by atoms with Crippen LogP contribution in [0.4, 0.5) is 5.69 Å². The molecule has 0 bridgehead atoms. The number of benzene rings is 1. The Morgan fingerprint density at radius 2 is 1.95 bits per heavy atom. The van der Waals surface area contributed by atoms with Crippen molar-refractivity contribution in [1.29, 1.82) is 0 Å². The molecule has 1 saturated carbocycles. The van der Waals surface area contributed by atoms with Gasteiger partial charge in [0.25, 0.3) is 0 Å². The summed E-state index contributed by atoms with van der Waals surface area (Å²) < 4.78 is 26.1. The van der Waals surface area contributed by atoms with E-state index in [-0.39, 0.29) is 6.04 Å². The number of rotatable bonds is 4. The normalized spacial score (nSPS) is 16.8. The van der Waals surface area contributed by atoms with Gasteiger partial charge in [0.15, 0.2) is 0 Å². The van der Waals surface area contributed by atoms with Crippen LogP contribution in [0.2, 0.25) is 0 Å². The maximum absolute atomic E-state index is 12.6. The molecule has 0 radical (unpaired) electrons. The zero-order chi connectivity index (χ0) is 14.3. The molecule has 4 nitrogen and oxygen atoms in total. The highest BCUT2D eigenvalue weighted by atomic mass is 32.2. The van der Waals surface area contributed by atoms with Gasteiger partial charge < -0.3 is 5.73 Å². The van der Waals surface area contributed by atoms with Gasteiger partial charge in [0.05, 0.1) is 4.75 Å². The molecular formula is C14H22N2O2S. The van der Waals surface area contributed by atoms with Crippen molar-refractivity contribution in [3.05, 3.63) is 29.8 Å². The van der Waals surface area contributed by atoms with Crippen LogP contribution in [0.15, 0.2) is 24.3 Å². The molecule has 2 rings (SSSR count). The van der Waals surface area contributed by atoms with E-state index in [0.29, 0.717) is 12.2 Å². The Kier molecular flexibility index (Phi) is 3.62. The molecule has 106 valence electrons. The fraction of sp³-hybridized carbons (Fsp3) is 0.571. The van der Waals surface area contributed by atoms with Crippen LogP contribution >= 0.6 is 0 Å². The highest BCUT2D eigenvalue weighted by Crippen LogP contribution is 2.35. The Labute approximate surface area is 115 Å². The molecule has 0 atom stereocenters. The summed E-state index contributed by atoms with van der Waals surface area (Å²) >= 11 is 0. The van der Waals surface area contributed by atoms with Gasteiger partial charge in [0, 0.05) is 18.3 Å². The largest absolute Gasteiger partial charge is 0.399 e. The molecule has 0 unspecified atom stereocenters. The fourth-order valence-corrected chi connectivity index (χ4v) is 3.62. The maximum atomic E-state index is 12.6. The second-order valence-corrected chi connectivity index (χ2v) is 8.78. The number of anilines is 1. The summed E-state index contributed by atoms with van der Waals surface area (Å²) in [6, 6.07) is 7.59. The van der Waals surface area contributed by atoms with Crippen LogP contribution in [0.25, 0.3) is 0 Å². The summed E-state index contributed by atoms with van der Waals surface area (Å²) in [6.45, 7) is 5.65. The third kappa shape index (κ3) is 3.09. The smallest absolute Gasteiger partial charge is 0.219 e. The molecule has 2 N–H and O–H groups in total. The van der Waals surface area contributed by atoms with Gasteiger partial charge >= 0.3 is 0 Å². The molecule has 0 aliphatic heterocycles. The molecule has 19 heavy (non-hydrogen) atoms. The topological polar surface area (TPSA) is 63.4 Å². The summed E-state index contributed by atoms with van der Waals surface area (Å²) in [6.07, 6.45) is 1.91. The van der Waals surface area contributed by atoms with Crippen molar-refractivity contribution in [3.63, 3.8) is 0 Å². The molecule has 1 aliphatic rings. The zero-order valence-electron chi connectivity index (χ0n) is 11.8. The molecule has 1 aliphatic carbocycles. The van der Waals surface area contributed by atoms with Crippen LogP contribution in [0.1, 0.15) is 39.2 Å². The second-order valence-electron chi connectivity index (χ2n) is 6.14. The molecule has 5 heteroatoms. The van der Waals surface area contributed by atoms with Crippen molar-refractivity contribution in [2.24, 2.45) is 0 Å². The lowest BCUT2D eigenvalue weighted by Gasteiger charge is -2.30. The molecular weight excluding hydrogens is 260 g/mol. The molecule has 0 aromatic heterocycles. The van der Waals surface area contributed by atoms with Crippen LogP contribution in [0.3, 0.4) is 0 Å². The van der Waals surface area contributed by atoms with Gasteiger partial charge in [-0.1, -0.05) is 12.1 Å². The van der Waals surface area contributed by atoms with E-state index in [4.69, 9.17) is 5.73 Å². The van der Waals surface area contributed by atoms with E-state index in [2.05, 4.69) is 0 Å². The summed E-state index contributed by atoms with van der Waals surface area (Å²) in [5.74, 6) is 0. The highest BCUT2D eigenvalue weighted by Gasteiger charge is 2.43. The van der Waals surface area contributed by atoms with Crippen molar-refractivity contribution in [2.75, 3.05) is 5.73 Å². The first-order valence-corrected chi connectivity index (χ1v) is 8.01. The first kappa shape index (κ1) is 14.3. The molecule has 0 spiro atoms. The van der Waals surface area contributed by atoms with Gasteiger partial charge in [-0.2, -0.15) is 4.31 Å². The van der Waals surface area contributed by atoms with Crippen LogP contribution in [0, 0.1) is 0 Å². The van der Waals surface area contributed by atoms with E-state index in [9.17, 15) is 8.42 Å². The molecule has 0 heterocycles. The lowest BCUT2D eigenvalue weighted by molar-refractivity contribution is 0.382.